The largest absolute Gasteiger partial charge is 0.469 e. The quantitative estimate of drug-likeness (QED) is 0.276. The van der Waals surface area contributed by atoms with E-state index in [0.717, 1.165) is 4.88 Å². The van der Waals surface area contributed by atoms with Crippen LogP contribution in [0.15, 0.2) is 51.6 Å². The molecule has 1 aromatic carbocycles. The number of aliphatic imine (C=N–C) groups is 1. The lowest BCUT2D eigenvalue weighted by Crippen LogP contribution is -2.20. The lowest BCUT2D eigenvalue weighted by atomic mass is 10.1. The number of rotatable bonds is 7. The number of H-pyrrole nitrogens is 1. The highest BCUT2D eigenvalue weighted by atomic mass is 32.1. The number of hydrogen-bond donors (Lipinski definition) is 1. The Morgan fingerprint density at radius 2 is 2.03 bits per heavy atom. The van der Waals surface area contributed by atoms with Crippen LogP contribution >= 0.6 is 11.3 Å². The first-order valence-electron chi connectivity index (χ1n) is 8.60. The molecule has 0 atom stereocenters. The number of methoxy groups -OCH3 is 1. The van der Waals surface area contributed by atoms with Crippen molar-refractivity contribution in [3.05, 3.63) is 78.4 Å². The number of aromatic nitrogens is 2. The van der Waals surface area contributed by atoms with Gasteiger partial charge in [0.25, 0.3) is 11.2 Å². The van der Waals surface area contributed by atoms with Crippen LogP contribution in [0.1, 0.15) is 23.1 Å². The molecule has 0 aliphatic heterocycles. The molecule has 0 spiro atoms. The second-order valence-corrected chi connectivity index (χ2v) is 7.15. The summed E-state index contributed by atoms with van der Waals surface area (Å²) in [5.74, 6) is -0.505. The highest BCUT2D eigenvalue weighted by Crippen LogP contribution is 2.16. The van der Waals surface area contributed by atoms with Crippen molar-refractivity contribution in [1.29, 1.82) is 0 Å². The van der Waals surface area contributed by atoms with Crippen LogP contribution in [-0.2, 0) is 22.5 Å². The molecule has 0 fully saturated rings. The number of nitrogens with one attached hydrogen (secondary N) is 1. The van der Waals surface area contributed by atoms with Crippen LogP contribution in [-0.4, -0.2) is 33.5 Å². The van der Waals surface area contributed by atoms with Gasteiger partial charge >= 0.3 is 5.97 Å². The number of carbonyl (C=O) groups excluding carboxylic acids is 1. The van der Waals surface area contributed by atoms with Crippen LogP contribution < -0.4 is 5.56 Å². The van der Waals surface area contributed by atoms with Crippen molar-refractivity contribution in [2.24, 2.45) is 4.99 Å². The maximum Gasteiger partial charge on any atom is 0.311 e. The number of hydrogen-bond acceptors (Lipinski definition) is 7. The average molecular weight is 414 g/mol. The number of nitrogens with zero attached hydrogens (tertiary/aromatic N) is 3. The SMILES string of the molecule is COC(=O)Cc1[nH]n(-c2ccc([N+](=O)[O-])cc2)c(=O)c1C(C)=NCc1cccs1. The Labute approximate surface area is 169 Å². The summed E-state index contributed by atoms with van der Waals surface area (Å²) >= 11 is 1.56. The molecular weight excluding hydrogens is 396 g/mol. The first kappa shape index (κ1) is 20.2. The third kappa shape index (κ3) is 4.49. The highest BCUT2D eigenvalue weighted by molar-refractivity contribution is 7.09. The van der Waals surface area contributed by atoms with E-state index in [-0.39, 0.29) is 17.7 Å². The maximum absolute atomic E-state index is 13.0. The predicted molar refractivity (Wildman–Crippen MR) is 109 cm³/mol. The lowest BCUT2D eigenvalue weighted by Gasteiger charge is -2.02. The number of thiophene rings is 1. The second-order valence-electron chi connectivity index (χ2n) is 6.11. The van der Waals surface area contributed by atoms with Crippen molar-refractivity contribution in [2.45, 2.75) is 19.9 Å². The van der Waals surface area contributed by atoms with Crippen molar-refractivity contribution in [2.75, 3.05) is 7.11 Å². The fourth-order valence-electron chi connectivity index (χ4n) is 2.78. The van der Waals surface area contributed by atoms with E-state index in [4.69, 9.17) is 4.74 Å². The van der Waals surface area contributed by atoms with Gasteiger partial charge in [0.05, 0.1) is 41.9 Å². The number of esters is 1. The minimum atomic E-state index is -0.517. The van der Waals surface area contributed by atoms with Crippen LogP contribution in [0.4, 0.5) is 5.69 Å². The van der Waals surface area contributed by atoms with E-state index < -0.39 is 16.5 Å². The summed E-state index contributed by atoms with van der Waals surface area (Å²) in [5.41, 5.74) is 1.06. The van der Waals surface area contributed by atoms with E-state index in [1.165, 1.54) is 36.1 Å². The third-order valence-electron chi connectivity index (χ3n) is 4.25. The van der Waals surface area contributed by atoms with Crippen LogP contribution in [0, 0.1) is 10.1 Å². The topological polar surface area (TPSA) is 120 Å². The summed E-state index contributed by atoms with van der Waals surface area (Å²) in [7, 11) is 1.27. The van der Waals surface area contributed by atoms with E-state index in [9.17, 15) is 19.7 Å². The number of carbonyl (C=O) groups is 1. The molecule has 3 aromatic rings. The van der Waals surface area contributed by atoms with Gasteiger partial charge in [0.15, 0.2) is 0 Å². The molecule has 0 aliphatic rings. The van der Waals surface area contributed by atoms with Gasteiger partial charge in [0, 0.05) is 22.7 Å². The van der Waals surface area contributed by atoms with Gasteiger partial charge < -0.3 is 4.74 Å². The summed E-state index contributed by atoms with van der Waals surface area (Å²) in [6.07, 6.45) is -0.132. The molecule has 0 radical (unpaired) electrons. The van der Waals surface area contributed by atoms with Crippen LogP contribution in [0.25, 0.3) is 5.69 Å². The molecular formula is C19H18N4O5S. The first-order chi connectivity index (χ1) is 13.9. The number of nitro benzene ring substituents is 1. The van der Waals surface area contributed by atoms with E-state index in [1.54, 1.807) is 18.3 Å². The van der Waals surface area contributed by atoms with Crippen LogP contribution in [0.2, 0.25) is 0 Å². The zero-order valence-corrected chi connectivity index (χ0v) is 16.6. The Balaban J connectivity index is 2.03. The number of nitro groups is 1. The van der Waals surface area contributed by atoms with Gasteiger partial charge in [-0.05, 0) is 30.5 Å². The maximum atomic E-state index is 13.0. The van der Waals surface area contributed by atoms with Crippen molar-refractivity contribution < 1.29 is 14.5 Å². The smallest absolute Gasteiger partial charge is 0.311 e. The van der Waals surface area contributed by atoms with Gasteiger partial charge in [0.2, 0.25) is 0 Å². The summed E-state index contributed by atoms with van der Waals surface area (Å²) in [6.45, 7) is 2.13. The number of non-ortho nitro benzene ring substituents is 1. The standard InChI is InChI=1S/C19H18N4O5S/c1-12(20-11-15-4-3-9-29-15)18-16(10-17(24)28-2)21-22(19(18)25)13-5-7-14(8-6-13)23(26)27/h3-9,21H,10-11H2,1-2H3. The minimum Gasteiger partial charge on any atom is -0.469 e. The van der Waals surface area contributed by atoms with Gasteiger partial charge in [0.1, 0.15) is 0 Å². The molecule has 0 amide bonds. The summed E-state index contributed by atoms with van der Waals surface area (Å²) in [6, 6.07) is 9.40. The molecule has 0 saturated heterocycles. The molecule has 10 heteroatoms. The predicted octanol–water partition coefficient (Wildman–Crippen LogP) is 2.86. The number of benzene rings is 1. The number of ether oxygens (including phenoxy) is 1. The van der Waals surface area contributed by atoms with Gasteiger partial charge in [-0.3, -0.25) is 29.8 Å². The van der Waals surface area contributed by atoms with E-state index in [1.807, 2.05) is 17.5 Å². The van der Waals surface area contributed by atoms with Gasteiger partial charge in [-0.25, -0.2) is 4.68 Å². The highest BCUT2D eigenvalue weighted by Gasteiger charge is 2.20. The fourth-order valence-corrected chi connectivity index (χ4v) is 3.41. The Morgan fingerprint density at radius 3 is 2.62 bits per heavy atom. The first-order valence-corrected chi connectivity index (χ1v) is 9.48. The normalized spacial score (nSPS) is 11.4. The van der Waals surface area contributed by atoms with Crippen molar-refractivity contribution in [1.82, 2.24) is 9.78 Å². The van der Waals surface area contributed by atoms with Crippen LogP contribution in [0.3, 0.4) is 0 Å². The molecule has 2 aromatic heterocycles. The summed E-state index contributed by atoms with van der Waals surface area (Å²) < 4.78 is 5.96. The van der Waals surface area contributed by atoms with Crippen LogP contribution in [0.5, 0.6) is 0 Å². The minimum absolute atomic E-state index is 0.0861. The molecule has 29 heavy (non-hydrogen) atoms. The van der Waals surface area contributed by atoms with Gasteiger partial charge in [-0.15, -0.1) is 11.3 Å². The Bertz CT molecular complexity index is 1110. The Kier molecular flexibility index (Phi) is 6.03. The number of aromatic amines is 1. The molecule has 2 heterocycles. The summed E-state index contributed by atoms with van der Waals surface area (Å²) in [4.78, 5) is 40.7. The van der Waals surface area contributed by atoms with Crippen molar-refractivity contribution in [3.8, 4) is 5.69 Å². The van der Waals surface area contributed by atoms with Crippen molar-refractivity contribution in [3.63, 3.8) is 0 Å². The monoisotopic (exact) mass is 414 g/mol. The molecule has 0 aliphatic carbocycles. The molecule has 1 N–H and O–H groups in total. The third-order valence-corrected chi connectivity index (χ3v) is 5.11. The Hall–Kier alpha value is -3.53. The van der Waals surface area contributed by atoms with E-state index >= 15 is 0 Å². The lowest BCUT2D eigenvalue weighted by molar-refractivity contribution is -0.384. The van der Waals surface area contributed by atoms with E-state index in [2.05, 4.69) is 10.1 Å². The molecule has 0 bridgehead atoms. The zero-order chi connectivity index (χ0) is 21.0. The Morgan fingerprint density at radius 1 is 1.31 bits per heavy atom. The summed E-state index contributed by atoms with van der Waals surface area (Å²) in [5, 5.41) is 15.7. The van der Waals surface area contributed by atoms with E-state index in [0.29, 0.717) is 23.6 Å². The average Bonchev–Trinajstić information content (AvgIpc) is 3.34. The fraction of sp³-hybridized carbons (Fsp3) is 0.211. The molecule has 0 saturated carbocycles. The van der Waals surface area contributed by atoms with Gasteiger partial charge in [-0.2, -0.15) is 0 Å². The molecule has 150 valence electrons. The van der Waals surface area contributed by atoms with Crippen molar-refractivity contribution >= 4 is 28.7 Å². The zero-order valence-electron chi connectivity index (χ0n) is 15.7. The molecule has 3 rings (SSSR count). The molecule has 0 unspecified atom stereocenters. The molecule has 9 nitrogen and oxygen atoms in total. The van der Waals surface area contributed by atoms with Gasteiger partial charge in [-0.1, -0.05) is 6.07 Å². The second kappa shape index (κ2) is 8.65.